The van der Waals surface area contributed by atoms with E-state index in [9.17, 15) is 19.7 Å². The van der Waals surface area contributed by atoms with E-state index in [2.05, 4.69) is 10.6 Å². The summed E-state index contributed by atoms with van der Waals surface area (Å²) >= 11 is 0. The molecule has 164 valence electrons. The lowest BCUT2D eigenvalue weighted by Crippen LogP contribution is -2.45. The van der Waals surface area contributed by atoms with E-state index in [0.717, 1.165) is 11.1 Å². The maximum atomic E-state index is 13.0. The molecule has 0 fully saturated rings. The Balaban J connectivity index is 1.73. The zero-order valence-corrected chi connectivity index (χ0v) is 17.5. The molecule has 3 aromatic carbocycles. The van der Waals surface area contributed by atoms with Crippen molar-refractivity contribution in [2.45, 2.75) is 26.0 Å². The Morgan fingerprint density at radius 1 is 0.969 bits per heavy atom. The van der Waals surface area contributed by atoms with Crippen molar-refractivity contribution in [2.24, 2.45) is 0 Å². The van der Waals surface area contributed by atoms with E-state index in [4.69, 9.17) is 4.74 Å². The van der Waals surface area contributed by atoms with Gasteiger partial charge in [0.1, 0.15) is 12.6 Å². The molecule has 1 atom stereocenters. The molecule has 0 saturated heterocycles. The van der Waals surface area contributed by atoms with Crippen LogP contribution in [0.25, 0.3) is 0 Å². The number of nitrogens with one attached hydrogen (secondary N) is 2. The minimum absolute atomic E-state index is 0.0658. The highest BCUT2D eigenvalue weighted by Gasteiger charge is 2.23. The van der Waals surface area contributed by atoms with Crippen molar-refractivity contribution >= 4 is 23.4 Å². The third-order valence-corrected chi connectivity index (χ3v) is 4.79. The Morgan fingerprint density at radius 2 is 1.59 bits per heavy atom. The first-order valence-electron chi connectivity index (χ1n) is 9.99. The Hall–Kier alpha value is -4.20. The van der Waals surface area contributed by atoms with Gasteiger partial charge in [0.15, 0.2) is 0 Å². The first-order valence-corrected chi connectivity index (χ1v) is 9.99. The molecule has 2 N–H and O–H groups in total. The topological polar surface area (TPSA) is 111 Å². The molecule has 8 heteroatoms. The molecule has 0 spiro atoms. The quantitative estimate of drug-likeness (QED) is 0.405. The van der Waals surface area contributed by atoms with Crippen molar-refractivity contribution in [1.29, 1.82) is 0 Å². The number of ether oxygens (including phenoxy) is 1. The summed E-state index contributed by atoms with van der Waals surface area (Å²) in [6.07, 6.45) is -0.512. The van der Waals surface area contributed by atoms with Crippen LogP contribution in [0.15, 0.2) is 78.9 Å². The van der Waals surface area contributed by atoms with Crippen molar-refractivity contribution in [2.75, 3.05) is 5.32 Å². The summed E-state index contributed by atoms with van der Waals surface area (Å²) < 4.78 is 5.25. The van der Waals surface area contributed by atoms with E-state index < -0.39 is 23.0 Å². The van der Waals surface area contributed by atoms with Crippen LogP contribution in [0.3, 0.4) is 0 Å². The molecule has 0 aliphatic rings. The number of amides is 2. The van der Waals surface area contributed by atoms with Crippen molar-refractivity contribution in [3.63, 3.8) is 0 Å². The number of non-ortho nitro benzene ring substituents is 1. The Bertz CT molecular complexity index is 1090. The second-order valence-corrected chi connectivity index (χ2v) is 7.19. The second kappa shape index (κ2) is 10.7. The van der Waals surface area contributed by atoms with Crippen LogP contribution in [0, 0.1) is 17.0 Å². The number of alkyl carbamates (subject to hydrolysis) is 1. The maximum Gasteiger partial charge on any atom is 0.408 e. The number of aryl methyl sites for hydroxylation is 1. The van der Waals surface area contributed by atoms with Crippen LogP contribution in [0.5, 0.6) is 0 Å². The van der Waals surface area contributed by atoms with Crippen LogP contribution in [0.2, 0.25) is 0 Å². The Morgan fingerprint density at radius 3 is 2.22 bits per heavy atom. The predicted octanol–water partition coefficient (Wildman–Crippen LogP) is 4.38. The molecule has 8 nitrogen and oxygen atoms in total. The number of benzene rings is 3. The van der Waals surface area contributed by atoms with E-state index in [-0.39, 0.29) is 18.7 Å². The van der Waals surface area contributed by atoms with Crippen molar-refractivity contribution < 1.29 is 19.2 Å². The number of nitro benzene ring substituents is 1. The molecular weight excluding hydrogens is 410 g/mol. The molecule has 2 amide bonds. The fourth-order valence-electron chi connectivity index (χ4n) is 3.04. The van der Waals surface area contributed by atoms with Crippen molar-refractivity contribution in [1.82, 2.24) is 5.32 Å². The zero-order valence-electron chi connectivity index (χ0n) is 17.5. The highest BCUT2D eigenvalue weighted by Crippen LogP contribution is 2.22. The summed E-state index contributed by atoms with van der Waals surface area (Å²) in [5.41, 5.74) is 2.49. The average molecular weight is 433 g/mol. The van der Waals surface area contributed by atoms with Gasteiger partial charge >= 0.3 is 6.09 Å². The lowest BCUT2D eigenvalue weighted by Gasteiger charge is -2.19. The van der Waals surface area contributed by atoms with E-state index >= 15 is 0 Å². The standard InChI is InChI=1S/C24H23N3O5/c1-17-12-13-20(27(30)31)15-21(17)25-23(28)22(14-18-8-4-2-5-9-18)26-24(29)32-16-19-10-6-3-7-11-19/h2-13,15,22H,14,16H2,1H3,(H,25,28)(H,26,29)/t22-/m1/s1. The van der Waals surface area contributed by atoms with Crippen molar-refractivity contribution in [3.8, 4) is 0 Å². The summed E-state index contributed by atoms with van der Waals surface area (Å²) in [4.78, 5) is 35.9. The third kappa shape index (κ3) is 6.40. The molecule has 0 unspecified atom stereocenters. The van der Waals surface area contributed by atoms with E-state index in [1.807, 2.05) is 60.7 Å². The van der Waals surface area contributed by atoms with Crippen LogP contribution >= 0.6 is 0 Å². The molecule has 0 aliphatic carbocycles. The summed E-state index contributed by atoms with van der Waals surface area (Å²) in [6, 6.07) is 21.7. The minimum Gasteiger partial charge on any atom is -0.445 e. The van der Waals surface area contributed by atoms with Gasteiger partial charge in [-0.25, -0.2) is 4.79 Å². The fourth-order valence-corrected chi connectivity index (χ4v) is 3.04. The third-order valence-electron chi connectivity index (χ3n) is 4.79. The van der Waals surface area contributed by atoms with Gasteiger partial charge in [0.2, 0.25) is 5.91 Å². The van der Waals surface area contributed by atoms with E-state index in [1.165, 1.54) is 12.1 Å². The lowest BCUT2D eigenvalue weighted by atomic mass is 10.0. The van der Waals surface area contributed by atoms with Crippen molar-refractivity contribution in [3.05, 3.63) is 106 Å². The monoisotopic (exact) mass is 433 g/mol. The van der Waals surface area contributed by atoms with Crippen LogP contribution in [0.4, 0.5) is 16.2 Å². The van der Waals surface area contributed by atoms with E-state index in [1.54, 1.807) is 13.0 Å². The van der Waals surface area contributed by atoms with Gasteiger partial charge in [0.25, 0.3) is 5.69 Å². The molecule has 0 bridgehead atoms. The largest absolute Gasteiger partial charge is 0.445 e. The first kappa shape index (κ1) is 22.5. The average Bonchev–Trinajstić information content (AvgIpc) is 2.80. The highest BCUT2D eigenvalue weighted by molar-refractivity contribution is 5.97. The Kier molecular flexibility index (Phi) is 7.53. The van der Waals surface area contributed by atoms with E-state index in [0.29, 0.717) is 11.3 Å². The summed E-state index contributed by atoms with van der Waals surface area (Å²) in [7, 11) is 0. The second-order valence-electron chi connectivity index (χ2n) is 7.19. The van der Waals surface area contributed by atoms with Gasteiger partial charge in [0.05, 0.1) is 10.6 Å². The van der Waals surface area contributed by atoms with Gasteiger partial charge in [-0.3, -0.25) is 14.9 Å². The van der Waals surface area contributed by atoms with Gasteiger partial charge in [-0.05, 0) is 23.6 Å². The number of hydrogen-bond donors (Lipinski definition) is 2. The molecular formula is C24H23N3O5. The van der Waals surface area contributed by atoms with Gasteiger partial charge in [0, 0.05) is 18.6 Å². The predicted molar refractivity (Wildman–Crippen MR) is 120 cm³/mol. The molecule has 0 aliphatic heterocycles. The number of carbonyl (C=O) groups excluding carboxylic acids is 2. The Labute approximate surface area is 185 Å². The van der Waals surface area contributed by atoms with Crippen LogP contribution in [-0.2, 0) is 22.6 Å². The summed E-state index contributed by atoms with van der Waals surface area (Å²) in [5.74, 6) is -0.505. The SMILES string of the molecule is Cc1ccc([N+](=O)[O-])cc1NC(=O)[C@@H](Cc1ccccc1)NC(=O)OCc1ccccc1. The highest BCUT2D eigenvalue weighted by atomic mass is 16.6. The van der Waals surface area contributed by atoms with Crippen LogP contribution in [-0.4, -0.2) is 23.0 Å². The molecule has 3 rings (SSSR count). The normalized spacial score (nSPS) is 11.3. The summed E-state index contributed by atoms with van der Waals surface area (Å²) in [6.45, 7) is 1.80. The van der Waals surface area contributed by atoms with Gasteiger partial charge < -0.3 is 15.4 Å². The zero-order chi connectivity index (χ0) is 22.9. The van der Waals surface area contributed by atoms with Crippen LogP contribution < -0.4 is 10.6 Å². The van der Waals surface area contributed by atoms with Gasteiger partial charge in [-0.1, -0.05) is 66.7 Å². The fraction of sp³-hybridized carbons (Fsp3) is 0.167. The number of hydrogen-bond acceptors (Lipinski definition) is 5. The van der Waals surface area contributed by atoms with Gasteiger partial charge in [-0.15, -0.1) is 0 Å². The number of anilines is 1. The van der Waals surface area contributed by atoms with Gasteiger partial charge in [-0.2, -0.15) is 0 Å². The maximum absolute atomic E-state index is 13.0. The molecule has 0 aromatic heterocycles. The molecule has 0 heterocycles. The van der Waals surface area contributed by atoms with Crippen LogP contribution in [0.1, 0.15) is 16.7 Å². The number of carbonyl (C=O) groups is 2. The minimum atomic E-state index is -0.945. The molecule has 0 saturated carbocycles. The molecule has 0 radical (unpaired) electrons. The molecule has 3 aromatic rings. The first-order chi connectivity index (χ1) is 15.4. The number of rotatable bonds is 8. The lowest BCUT2D eigenvalue weighted by molar-refractivity contribution is -0.384. The number of nitro groups is 1. The molecule has 32 heavy (non-hydrogen) atoms. The summed E-state index contributed by atoms with van der Waals surface area (Å²) in [5, 5.41) is 16.4. The smallest absolute Gasteiger partial charge is 0.408 e. The number of nitrogens with zero attached hydrogens (tertiary/aromatic N) is 1.